The zero-order chi connectivity index (χ0) is 11.7. The standard InChI is InChI=1S/C11H20N2O3/c1-8-7-16-9(6-14)5-13(8)10-3-4-12(2)11(10)15/h8-10,14H,3-7H2,1-2H3. The molecule has 3 unspecified atom stereocenters. The van der Waals surface area contributed by atoms with Gasteiger partial charge in [-0.05, 0) is 13.3 Å². The van der Waals surface area contributed by atoms with Crippen molar-refractivity contribution in [2.75, 3.05) is 33.4 Å². The van der Waals surface area contributed by atoms with Crippen LogP contribution in [-0.2, 0) is 9.53 Å². The molecule has 0 aromatic heterocycles. The summed E-state index contributed by atoms with van der Waals surface area (Å²) in [7, 11) is 1.84. The van der Waals surface area contributed by atoms with E-state index in [4.69, 9.17) is 9.84 Å². The molecule has 2 heterocycles. The highest BCUT2D eigenvalue weighted by Gasteiger charge is 2.39. The number of hydrogen-bond acceptors (Lipinski definition) is 4. The largest absolute Gasteiger partial charge is 0.394 e. The van der Waals surface area contributed by atoms with Crippen molar-refractivity contribution in [2.24, 2.45) is 0 Å². The number of likely N-dealkylation sites (tertiary alicyclic amines) is 1. The lowest BCUT2D eigenvalue weighted by atomic mass is 10.1. The second-order valence-electron chi connectivity index (χ2n) is 4.75. The SMILES string of the molecule is CC1COC(CO)CN1C1CCN(C)C1=O. The van der Waals surface area contributed by atoms with Crippen LogP contribution in [0.5, 0.6) is 0 Å². The van der Waals surface area contributed by atoms with Gasteiger partial charge in [0.15, 0.2) is 0 Å². The van der Waals surface area contributed by atoms with Crippen LogP contribution in [0.4, 0.5) is 0 Å². The van der Waals surface area contributed by atoms with Crippen LogP contribution in [0.2, 0.25) is 0 Å². The summed E-state index contributed by atoms with van der Waals surface area (Å²) in [6.07, 6.45) is 0.743. The molecule has 0 aliphatic carbocycles. The lowest BCUT2D eigenvalue weighted by Crippen LogP contribution is -2.55. The van der Waals surface area contributed by atoms with Crippen LogP contribution < -0.4 is 0 Å². The predicted molar refractivity (Wildman–Crippen MR) is 59.0 cm³/mol. The van der Waals surface area contributed by atoms with Gasteiger partial charge in [0, 0.05) is 26.2 Å². The van der Waals surface area contributed by atoms with Crippen molar-refractivity contribution in [2.45, 2.75) is 31.5 Å². The molecule has 16 heavy (non-hydrogen) atoms. The molecule has 92 valence electrons. The van der Waals surface area contributed by atoms with E-state index >= 15 is 0 Å². The van der Waals surface area contributed by atoms with Crippen LogP contribution in [-0.4, -0.2) is 72.4 Å². The fraction of sp³-hybridized carbons (Fsp3) is 0.909. The number of aliphatic hydroxyl groups excluding tert-OH is 1. The molecule has 5 heteroatoms. The van der Waals surface area contributed by atoms with Gasteiger partial charge in [-0.15, -0.1) is 0 Å². The average molecular weight is 228 g/mol. The van der Waals surface area contributed by atoms with Gasteiger partial charge in [-0.25, -0.2) is 0 Å². The first-order valence-corrected chi connectivity index (χ1v) is 5.86. The zero-order valence-electron chi connectivity index (χ0n) is 9.93. The van der Waals surface area contributed by atoms with Crippen molar-refractivity contribution in [3.63, 3.8) is 0 Å². The summed E-state index contributed by atoms with van der Waals surface area (Å²) in [5.41, 5.74) is 0. The third-order valence-electron chi connectivity index (χ3n) is 3.56. The Hall–Kier alpha value is -0.650. The quantitative estimate of drug-likeness (QED) is 0.679. The molecule has 0 spiro atoms. The number of morpholine rings is 1. The number of aliphatic hydroxyl groups is 1. The van der Waals surface area contributed by atoms with Crippen LogP contribution in [0.3, 0.4) is 0 Å². The molecule has 2 fully saturated rings. The fourth-order valence-electron chi connectivity index (χ4n) is 2.50. The minimum absolute atomic E-state index is 0.0158. The first-order chi connectivity index (χ1) is 7.63. The van der Waals surface area contributed by atoms with Gasteiger partial charge < -0.3 is 14.7 Å². The van der Waals surface area contributed by atoms with Gasteiger partial charge in [0.1, 0.15) is 0 Å². The Morgan fingerprint density at radius 2 is 2.31 bits per heavy atom. The van der Waals surface area contributed by atoms with E-state index in [1.54, 1.807) is 4.90 Å². The van der Waals surface area contributed by atoms with E-state index in [1.165, 1.54) is 0 Å². The van der Waals surface area contributed by atoms with Crippen molar-refractivity contribution in [3.05, 3.63) is 0 Å². The third-order valence-corrected chi connectivity index (χ3v) is 3.56. The maximum absolute atomic E-state index is 11.9. The van der Waals surface area contributed by atoms with E-state index in [-0.39, 0.29) is 30.7 Å². The molecule has 0 aromatic rings. The summed E-state index contributed by atoms with van der Waals surface area (Å²) >= 11 is 0. The summed E-state index contributed by atoms with van der Waals surface area (Å²) < 4.78 is 5.47. The number of nitrogens with zero attached hydrogens (tertiary/aromatic N) is 2. The van der Waals surface area contributed by atoms with Crippen LogP contribution in [0.25, 0.3) is 0 Å². The van der Waals surface area contributed by atoms with E-state index in [0.717, 1.165) is 13.0 Å². The molecule has 1 N–H and O–H groups in total. The van der Waals surface area contributed by atoms with Gasteiger partial charge in [-0.3, -0.25) is 9.69 Å². The maximum Gasteiger partial charge on any atom is 0.239 e. The van der Waals surface area contributed by atoms with E-state index in [9.17, 15) is 4.79 Å². The highest BCUT2D eigenvalue weighted by molar-refractivity contribution is 5.83. The van der Waals surface area contributed by atoms with E-state index in [1.807, 2.05) is 7.05 Å². The summed E-state index contributed by atoms with van der Waals surface area (Å²) in [5.74, 6) is 0.199. The molecular formula is C11H20N2O3. The number of carbonyl (C=O) groups is 1. The van der Waals surface area contributed by atoms with Crippen molar-refractivity contribution >= 4 is 5.91 Å². The molecule has 0 aromatic carbocycles. The normalized spacial score (nSPS) is 37.1. The number of amides is 1. The summed E-state index contributed by atoms with van der Waals surface area (Å²) in [5, 5.41) is 9.11. The smallest absolute Gasteiger partial charge is 0.239 e. The van der Waals surface area contributed by atoms with Crippen LogP contribution in [0.15, 0.2) is 0 Å². The first kappa shape index (κ1) is 11.8. The van der Waals surface area contributed by atoms with E-state index in [2.05, 4.69) is 11.8 Å². The average Bonchev–Trinajstić information content (AvgIpc) is 2.61. The molecule has 5 nitrogen and oxygen atoms in total. The fourth-order valence-corrected chi connectivity index (χ4v) is 2.50. The first-order valence-electron chi connectivity index (χ1n) is 5.86. The highest BCUT2D eigenvalue weighted by atomic mass is 16.5. The Bertz CT molecular complexity index is 272. The monoisotopic (exact) mass is 228 g/mol. The van der Waals surface area contributed by atoms with Crippen molar-refractivity contribution in [3.8, 4) is 0 Å². The number of hydrogen-bond donors (Lipinski definition) is 1. The van der Waals surface area contributed by atoms with Gasteiger partial charge in [0.2, 0.25) is 5.91 Å². The molecule has 2 rings (SSSR count). The molecular weight excluding hydrogens is 208 g/mol. The summed E-state index contributed by atoms with van der Waals surface area (Å²) in [6, 6.07) is 0.237. The second kappa shape index (κ2) is 4.69. The number of likely N-dealkylation sites (N-methyl/N-ethyl adjacent to an activating group) is 1. The Morgan fingerprint density at radius 3 is 2.88 bits per heavy atom. The lowest BCUT2D eigenvalue weighted by Gasteiger charge is -2.40. The number of carbonyl (C=O) groups excluding carboxylic acids is 1. The number of ether oxygens (including phenoxy) is 1. The van der Waals surface area contributed by atoms with Gasteiger partial charge in [-0.1, -0.05) is 0 Å². The van der Waals surface area contributed by atoms with Crippen LogP contribution in [0, 0.1) is 0 Å². The van der Waals surface area contributed by atoms with Gasteiger partial charge in [-0.2, -0.15) is 0 Å². The molecule has 2 saturated heterocycles. The van der Waals surface area contributed by atoms with E-state index < -0.39 is 0 Å². The minimum atomic E-state index is -0.144. The lowest BCUT2D eigenvalue weighted by molar-refractivity contribution is -0.138. The Morgan fingerprint density at radius 1 is 1.56 bits per heavy atom. The molecule has 1 amide bonds. The minimum Gasteiger partial charge on any atom is -0.394 e. The Kier molecular flexibility index (Phi) is 3.47. The highest BCUT2D eigenvalue weighted by Crippen LogP contribution is 2.22. The Labute approximate surface area is 96.0 Å². The molecule has 2 aliphatic heterocycles. The predicted octanol–water partition coefficient (Wildman–Crippen LogP) is -0.701. The molecule has 0 saturated carbocycles. The Balaban J connectivity index is 2.04. The maximum atomic E-state index is 11.9. The third kappa shape index (κ3) is 2.07. The van der Waals surface area contributed by atoms with Crippen molar-refractivity contribution < 1.29 is 14.6 Å². The van der Waals surface area contributed by atoms with Gasteiger partial charge in [0.05, 0.1) is 25.4 Å². The second-order valence-corrected chi connectivity index (χ2v) is 4.75. The number of rotatable bonds is 2. The van der Waals surface area contributed by atoms with Gasteiger partial charge in [0.25, 0.3) is 0 Å². The van der Waals surface area contributed by atoms with E-state index in [0.29, 0.717) is 13.2 Å². The summed E-state index contributed by atoms with van der Waals surface area (Å²) in [4.78, 5) is 15.9. The molecule has 0 radical (unpaired) electrons. The molecule has 2 aliphatic rings. The van der Waals surface area contributed by atoms with Crippen molar-refractivity contribution in [1.82, 2.24) is 9.80 Å². The van der Waals surface area contributed by atoms with Crippen LogP contribution in [0.1, 0.15) is 13.3 Å². The molecule has 0 bridgehead atoms. The van der Waals surface area contributed by atoms with Gasteiger partial charge >= 0.3 is 0 Å². The topological polar surface area (TPSA) is 53.0 Å². The zero-order valence-corrected chi connectivity index (χ0v) is 9.93. The summed E-state index contributed by atoms with van der Waals surface area (Å²) in [6.45, 7) is 4.18. The van der Waals surface area contributed by atoms with Crippen molar-refractivity contribution in [1.29, 1.82) is 0 Å². The van der Waals surface area contributed by atoms with Crippen LogP contribution >= 0.6 is 0 Å². The molecule has 3 atom stereocenters.